The van der Waals surface area contributed by atoms with Gasteiger partial charge in [0.05, 0.1) is 35.3 Å². The molecule has 0 unspecified atom stereocenters. The lowest BCUT2D eigenvalue weighted by Gasteiger charge is -2.27. The predicted octanol–water partition coefficient (Wildman–Crippen LogP) is 3.00. The van der Waals surface area contributed by atoms with Gasteiger partial charge in [-0.3, -0.25) is 4.31 Å². The Bertz CT molecular complexity index is 1240. The Morgan fingerprint density at radius 1 is 0.967 bits per heavy atom. The highest BCUT2D eigenvalue weighted by Gasteiger charge is 2.27. The third-order valence-electron chi connectivity index (χ3n) is 4.83. The molecule has 0 saturated heterocycles. The van der Waals surface area contributed by atoms with Crippen molar-refractivity contribution in [2.45, 2.75) is 24.5 Å². The number of rotatable bonds is 7. The van der Waals surface area contributed by atoms with E-state index in [1.807, 2.05) is 37.3 Å². The van der Waals surface area contributed by atoms with Crippen molar-refractivity contribution < 1.29 is 13.5 Å². The molecule has 4 aromatic rings. The molecular formula is C22H22N4O3S. The van der Waals surface area contributed by atoms with Gasteiger partial charge in [-0.25, -0.2) is 13.1 Å². The Labute approximate surface area is 175 Å². The van der Waals surface area contributed by atoms with Gasteiger partial charge in [-0.2, -0.15) is 0 Å². The number of para-hydroxylation sites is 2. The molecule has 4 rings (SSSR count). The first kappa shape index (κ1) is 20.1. The van der Waals surface area contributed by atoms with Gasteiger partial charge < -0.3 is 5.11 Å². The van der Waals surface area contributed by atoms with Crippen molar-refractivity contribution in [3.63, 3.8) is 0 Å². The summed E-state index contributed by atoms with van der Waals surface area (Å²) in [5.41, 5.74) is 2.96. The summed E-state index contributed by atoms with van der Waals surface area (Å²) in [5, 5.41) is 18.9. The van der Waals surface area contributed by atoms with Crippen molar-refractivity contribution in [1.29, 1.82) is 0 Å². The number of sulfonamides is 1. The second-order valence-corrected chi connectivity index (χ2v) is 8.96. The minimum Gasteiger partial charge on any atom is -0.389 e. The number of hydrogen-bond donors (Lipinski definition) is 1. The zero-order valence-corrected chi connectivity index (χ0v) is 17.3. The van der Waals surface area contributed by atoms with Crippen LogP contribution in [0.3, 0.4) is 0 Å². The summed E-state index contributed by atoms with van der Waals surface area (Å²) >= 11 is 0. The smallest absolute Gasteiger partial charge is 0.264 e. The summed E-state index contributed by atoms with van der Waals surface area (Å²) in [6.07, 6.45) is -0.990. The molecule has 8 heteroatoms. The molecule has 0 bridgehead atoms. The van der Waals surface area contributed by atoms with Gasteiger partial charge in [-0.15, -0.1) is 5.10 Å². The molecule has 0 aliphatic heterocycles. The normalized spacial score (nSPS) is 12.7. The Morgan fingerprint density at radius 2 is 1.63 bits per heavy atom. The number of aromatic nitrogens is 3. The number of anilines is 1. The third kappa shape index (κ3) is 4.05. The molecule has 0 spiro atoms. The zero-order valence-electron chi connectivity index (χ0n) is 16.5. The molecule has 0 radical (unpaired) electrons. The van der Waals surface area contributed by atoms with Gasteiger partial charge in [0.15, 0.2) is 0 Å². The van der Waals surface area contributed by atoms with Gasteiger partial charge in [-0.05, 0) is 43.3 Å². The molecule has 3 aromatic carbocycles. The van der Waals surface area contributed by atoms with Crippen molar-refractivity contribution in [3.8, 4) is 0 Å². The van der Waals surface area contributed by atoms with Crippen LogP contribution in [0.5, 0.6) is 0 Å². The second kappa shape index (κ2) is 8.25. The lowest BCUT2D eigenvalue weighted by atomic mass is 10.2. The molecule has 0 aliphatic rings. The van der Waals surface area contributed by atoms with E-state index in [4.69, 9.17) is 0 Å². The van der Waals surface area contributed by atoms with Crippen LogP contribution in [0.4, 0.5) is 5.69 Å². The van der Waals surface area contributed by atoms with Gasteiger partial charge in [0.2, 0.25) is 0 Å². The summed E-state index contributed by atoms with van der Waals surface area (Å²) in [6.45, 7) is 1.90. The van der Waals surface area contributed by atoms with Crippen LogP contribution in [0.2, 0.25) is 0 Å². The lowest BCUT2D eigenvalue weighted by Crippen LogP contribution is -2.39. The molecule has 1 heterocycles. The minimum atomic E-state index is -3.86. The van der Waals surface area contributed by atoms with E-state index in [0.717, 1.165) is 16.6 Å². The average molecular weight is 423 g/mol. The first-order valence-electron chi connectivity index (χ1n) is 9.56. The number of aliphatic hydroxyl groups is 1. The van der Waals surface area contributed by atoms with Gasteiger partial charge in [0.1, 0.15) is 5.52 Å². The van der Waals surface area contributed by atoms with Gasteiger partial charge in [-0.1, -0.05) is 53.2 Å². The van der Waals surface area contributed by atoms with Crippen molar-refractivity contribution >= 4 is 26.7 Å². The van der Waals surface area contributed by atoms with Crippen molar-refractivity contribution in [3.05, 3.63) is 84.4 Å². The van der Waals surface area contributed by atoms with E-state index in [1.165, 1.54) is 4.31 Å². The lowest BCUT2D eigenvalue weighted by molar-refractivity contribution is 0.159. The summed E-state index contributed by atoms with van der Waals surface area (Å²) in [6, 6.07) is 22.9. The largest absolute Gasteiger partial charge is 0.389 e. The maximum atomic E-state index is 13.4. The fourth-order valence-corrected chi connectivity index (χ4v) is 4.78. The summed E-state index contributed by atoms with van der Waals surface area (Å²) in [5.74, 6) is 0. The third-order valence-corrected chi connectivity index (χ3v) is 6.64. The second-order valence-electron chi connectivity index (χ2n) is 7.10. The minimum absolute atomic E-state index is 0.117. The molecule has 154 valence electrons. The van der Waals surface area contributed by atoms with Crippen LogP contribution >= 0.6 is 0 Å². The molecule has 30 heavy (non-hydrogen) atoms. The summed E-state index contributed by atoms with van der Waals surface area (Å²) < 4.78 is 29.6. The van der Waals surface area contributed by atoms with E-state index in [2.05, 4.69) is 10.3 Å². The number of fused-ring (bicyclic) bond motifs is 1. The zero-order chi connectivity index (χ0) is 21.1. The Balaban J connectivity index is 1.64. The van der Waals surface area contributed by atoms with Crippen LogP contribution in [0, 0.1) is 6.92 Å². The van der Waals surface area contributed by atoms with E-state index >= 15 is 0 Å². The first-order chi connectivity index (χ1) is 14.4. The molecule has 0 amide bonds. The molecule has 0 fully saturated rings. The van der Waals surface area contributed by atoms with E-state index in [-0.39, 0.29) is 18.0 Å². The molecule has 1 atom stereocenters. The monoisotopic (exact) mass is 422 g/mol. The SMILES string of the molecule is Cc1ccc(S(=O)(=O)N(C[C@@H](O)Cn2nnc3ccccc32)c2ccccc2)cc1. The Kier molecular flexibility index (Phi) is 5.52. The number of nitrogens with zero attached hydrogens (tertiary/aromatic N) is 4. The Hall–Kier alpha value is -3.23. The van der Waals surface area contributed by atoms with Crippen molar-refractivity contribution in [2.75, 3.05) is 10.8 Å². The van der Waals surface area contributed by atoms with Crippen LogP contribution in [-0.4, -0.2) is 41.2 Å². The molecule has 0 aliphatic carbocycles. The van der Waals surface area contributed by atoms with Crippen LogP contribution in [0.15, 0.2) is 83.8 Å². The predicted molar refractivity (Wildman–Crippen MR) is 116 cm³/mol. The van der Waals surface area contributed by atoms with Crippen LogP contribution < -0.4 is 4.31 Å². The van der Waals surface area contributed by atoms with Crippen molar-refractivity contribution in [1.82, 2.24) is 15.0 Å². The van der Waals surface area contributed by atoms with Gasteiger partial charge in [0.25, 0.3) is 10.0 Å². The fourth-order valence-electron chi connectivity index (χ4n) is 3.28. The highest BCUT2D eigenvalue weighted by atomic mass is 32.2. The molecular weight excluding hydrogens is 400 g/mol. The number of aliphatic hydroxyl groups excluding tert-OH is 1. The molecule has 7 nitrogen and oxygen atoms in total. The molecule has 1 aromatic heterocycles. The summed E-state index contributed by atoms with van der Waals surface area (Å²) in [7, 11) is -3.86. The number of benzene rings is 3. The van der Waals surface area contributed by atoms with Crippen LogP contribution in [0.1, 0.15) is 5.56 Å². The highest BCUT2D eigenvalue weighted by Crippen LogP contribution is 2.24. The van der Waals surface area contributed by atoms with E-state index < -0.39 is 16.1 Å². The number of hydrogen-bond acceptors (Lipinski definition) is 5. The molecule has 1 N–H and O–H groups in total. The summed E-state index contributed by atoms with van der Waals surface area (Å²) in [4.78, 5) is 0.176. The fraction of sp³-hybridized carbons (Fsp3) is 0.182. The first-order valence-corrected chi connectivity index (χ1v) is 11.0. The van der Waals surface area contributed by atoms with Crippen LogP contribution in [0.25, 0.3) is 11.0 Å². The highest BCUT2D eigenvalue weighted by molar-refractivity contribution is 7.92. The Morgan fingerprint density at radius 3 is 2.37 bits per heavy atom. The quantitative estimate of drug-likeness (QED) is 0.495. The van der Waals surface area contributed by atoms with E-state index in [1.54, 1.807) is 53.2 Å². The van der Waals surface area contributed by atoms with Gasteiger partial charge >= 0.3 is 0 Å². The standard InChI is InChI=1S/C22H22N4O3S/c1-17-11-13-20(14-12-17)30(28,29)26(18-7-3-2-4-8-18)16-19(27)15-25-22-10-6-5-9-21(22)23-24-25/h2-14,19,27H,15-16H2,1H3/t19-/m0/s1. The average Bonchev–Trinajstić information content (AvgIpc) is 3.16. The van der Waals surface area contributed by atoms with E-state index in [9.17, 15) is 13.5 Å². The van der Waals surface area contributed by atoms with Crippen LogP contribution in [-0.2, 0) is 16.6 Å². The topological polar surface area (TPSA) is 88.3 Å². The van der Waals surface area contributed by atoms with E-state index in [0.29, 0.717) is 5.69 Å². The van der Waals surface area contributed by atoms with Gasteiger partial charge in [0, 0.05) is 0 Å². The molecule has 0 saturated carbocycles. The maximum Gasteiger partial charge on any atom is 0.264 e. The maximum absolute atomic E-state index is 13.4. The number of aryl methyl sites for hydroxylation is 1. The van der Waals surface area contributed by atoms with Crippen molar-refractivity contribution in [2.24, 2.45) is 0 Å².